The maximum atomic E-state index is 12.2. The number of ether oxygens (including phenoxy) is 1. The summed E-state index contributed by atoms with van der Waals surface area (Å²) in [5.74, 6) is -2.42. The average molecular weight is 396 g/mol. The Morgan fingerprint density at radius 3 is 2.10 bits per heavy atom. The lowest BCUT2D eigenvalue weighted by atomic mass is 10.1. The van der Waals surface area contributed by atoms with E-state index in [0.29, 0.717) is 11.3 Å². The van der Waals surface area contributed by atoms with Crippen LogP contribution in [0.5, 0.6) is 0 Å². The maximum absolute atomic E-state index is 12.2. The van der Waals surface area contributed by atoms with Crippen LogP contribution < -0.4 is 10.6 Å². The van der Waals surface area contributed by atoms with Gasteiger partial charge in [-0.2, -0.15) is 0 Å². The molecule has 2 rings (SSSR count). The van der Waals surface area contributed by atoms with Crippen molar-refractivity contribution >= 4 is 29.4 Å². The van der Waals surface area contributed by atoms with E-state index in [-0.39, 0.29) is 17.7 Å². The minimum atomic E-state index is -1.02. The Labute approximate surface area is 167 Å². The van der Waals surface area contributed by atoms with Gasteiger partial charge in [0.15, 0.2) is 0 Å². The van der Waals surface area contributed by atoms with E-state index >= 15 is 0 Å². The van der Waals surface area contributed by atoms with Crippen LogP contribution in [0, 0.1) is 0 Å². The van der Waals surface area contributed by atoms with Crippen molar-refractivity contribution in [3.63, 3.8) is 0 Å². The zero-order chi connectivity index (χ0) is 21.4. The first-order valence-electron chi connectivity index (χ1n) is 8.58. The standard InChI is InChI=1S/C21H20N2O6/c1-13(19(25)23-17-9-7-16(8-10-17)21(28)29-2)11-18(24)22-12-14-3-5-15(6-4-14)20(26)27/h3-11H,12H2,1-2H3,(H,22,24)(H,23,25)(H,26,27)/b13-11+. The smallest absolute Gasteiger partial charge is 0.337 e. The molecular formula is C21H20N2O6. The van der Waals surface area contributed by atoms with E-state index < -0.39 is 23.8 Å². The average Bonchev–Trinajstić information content (AvgIpc) is 2.72. The van der Waals surface area contributed by atoms with Crippen molar-refractivity contribution in [2.75, 3.05) is 12.4 Å². The van der Waals surface area contributed by atoms with Crippen molar-refractivity contribution in [3.05, 3.63) is 76.9 Å². The fourth-order valence-corrected chi connectivity index (χ4v) is 2.30. The van der Waals surface area contributed by atoms with Gasteiger partial charge in [0, 0.05) is 23.9 Å². The number of benzene rings is 2. The number of carbonyl (C=O) groups excluding carboxylic acids is 3. The quantitative estimate of drug-likeness (QED) is 0.488. The number of nitrogens with one attached hydrogen (secondary N) is 2. The number of methoxy groups -OCH3 is 1. The Hall–Kier alpha value is -3.94. The van der Waals surface area contributed by atoms with Crippen LogP contribution in [0.4, 0.5) is 5.69 Å². The van der Waals surface area contributed by atoms with E-state index in [1.165, 1.54) is 44.4 Å². The van der Waals surface area contributed by atoms with Crippen molar-refractivity contribution in [3.8, 4) is 0 Å². The van der Waals surface area contributed by atoms with Gasteiger partial charge in [-0.05, 0) is 48.9 Å². The third kappa shape index (κ3) is 6.31. The molecule has 0 aliphatic rings. The third-order valence-corrected chi connectivity index (χ3v) is 3.94. The minimum Gasteiger partial charge on any atom is -0.478 e. The number of anilines is 1. The second kappa shape index (κ2) is 9.84. The molecular weight excluding hydrogens is 376 g/mol. The lowest BCUT2D eigenvalue weighted by Crippen LogP contribution is -2.22. The summed E-state index contributed by atoms with van der Waals surface area (Å²) in [6.07, 6.45) is 1.17. The molecule has 0 aliphatic carbocycles. The van der Waals surface area contributed by atoms with Crippen LogP contribution in [0.3, 0.4) is 0 Å². The highest BCUT2D eigenvalue weighted by Gasteiger charge is 2.09. The number of carbonyl (C=O) groups is 4. The Morgan fingerprint density at radius 2 is 1.55 bits per heavy atom. The molecule has 0 atom stereocenters. The van der Waals surface area contributed by atoms with Crippen molar-refractivity contribution in [2.24, 2.45) is 0 Å². The lowest BCUT2D eigenvalue weighted by molar-refractivity contribution is -0.117. The van der Waals surface area contributed by atoms with E-state index in [1.807, 2.05) is 0 Å². The van der Waals surface area contributed by atoms with Gasteiger partial charge in [-0.3, -0.25) is 9.59 Å². The zero-order valence-electron chi connectivity index (χ0n) is 15.9. The third-order valence-electron chi connectivity index (χ3n) is 3.94. The van der Waals surface area contributed by atoms with E-state index in [4.69, 9.17) is 5.11 Å². The van der Waals surface area contributed by atoms with Gasteiger partial charge in [-0.15, -0.1) is 0 Å². The molecule has 29 heavy (non-hydrogen) atoms. The maximum Gasteiger partial charge on any atom is 0.337 e. The fourth-order valence-electron chi connectivity index (χ4n) is 2.30. The van der Waals surface area contributed by atoms with Crippen LogP contribution in [0.25, 0.3) is 0 Å². The highest BCUT2D eigenvalue weighted by Crippen LogP contribution is 2.12. The summed E-state index contributed by atoms with van der Waals surface area (Å²) in [6.45, 7) is 1.69. The molecule has 3 N–H and O–H groups in total. The van der Waals surface area contributed by atoms with Crippen LogP contribution in [0.15, 0.2) is 60.2 Å². The Kier molecular flexibility index (Phi) is 7.25. The predicted molar refractivity (Wildman–Crippen MR) is 105 cm³/mol. The number of carboxylic acids is 1. The molecule has 0 spiro atoms. The summed E-state index contributed by atoms with van der Waals surface area (Å²) in [5.41, 5.74) is 1.90. The minimum absolute atomic E-state index is 0.159. The number of esters is 1. The topological polar surface area (TPSA) is 122 Å². The molecule has 150 valence electrons. The lowest BCUT2D eigenvalue weighted by Gasteiger charge is -2.07. The van der Waals surface area contributed by atoms with E-state index in [0.717, 1.165) is 5.56 Å². The van der Waals surface area contributed by atoms with Crippen LogP contribution in [-0.2, 0) is 20.9 Å². The second-order valence-electron chi connectivity index (χ2n) is 6.07. The Morgan fingerprint density at radius 1 is 0.966 bits per heavy atom. The molecule has 0 saturated carbocycles. The van der Waals surface area contributed by atoms with Crippen LogP contribution in [-0.4, -0.2) is 36.0 Å². The zero-order valence-corrected chi connectivity index (χ0v) is 15.9. The second-order valence-corrected chi connectivity index (χ2v) is 6.07. The van der Waals surface area contributed by atoms with E-state index in [2.05, 4.69) is 15.4 Å². The molecule has 2 amide bonds. The van der Waals surface area contributed by atoms with Crippen LogP contribution in [0.1, 0.15) is 33.2 Å². The highest BCUT2D eigenvalue weighted by molar-refractivity contribution is 6.07. The number of carboxylic acid groups (broad SMARTS) is 1. The van der Waals surface area contributed by atoms with Crippen molar-refractivity contribution in [2.45, 2.75) is 13.5 Å². The molecule has 0 fully saturated rings. The SMILES string of the molecule is COC(=O)c1ccc(NC(=O)/C(C)=C/C(=O)NCc2ccc(C(=O)O)cc2)cc1. The normalized spacial score (nSPS) is 10.8. The summed E-state index contributed by atoms with van der Waals surface area (Å²) >= 11 is 0. The predicted octanol–water partition coefficient (Wildman–Crippen LogP) is 2.37. The molecule has 8 heteroatoms. The van der Waals surface area contributed by atoms with E-state index in [9.17, 15) is 19.2 Å². The molecule has 2 aromatic rings. The first-order valence-corrected chi connectivity index (χ1v) is 8.58. The van der Waals surface area contributed by atoms with Crippen molar-refractivity contribution in [1.82, 2.24) is 5.32 Å². The molecule has 0 heterocycles. The number of rotatable bonds is 7. The van der Waals surface area contributed by atoms with Gasteiger partial charge in [0.2, 0.25) is 5.91 Å². The first kappa shape index (κ1) is 21.4. The number of hydrogen-bond acceptors (Lipinski definition) is 5. The number of hydrogen-bond donors (Lipinski definition) is 3. The summed E-state index contributed by atoms with van der Waals surface area (Å²) in [5, 5.41) is 14.1. The molecule has 0 aromatic heterocycles. The van der Waals surface area contributed by atoms with Gasteiger partial charge in [-0.25, -0.2) is 9.59 Å². The molecule has 0 unspecified atom stereocenters. The summed E-state index contributed by atoms with van der Waals surface area (Å²) in [7, 11) is 1.28. The summed E-state index contributed by atoms with van der Waals surface area (Å²) < 4.78 is 4.60. The van der Waals surface area contributed by atoms with Crippen molar-refractivity contribution in [1.29, 1.82) is 0 Å². The first-order chi connectivity index (χ1) is 13.8. The van der Waals surface area contributed by atoms with Crippen LogP contribution in [0.2, 0.25) is 0 Å². The number of aromatic carboxylic acids is 1. The highest BCUT2D eigenvalue weighted by atomic mass is 16.5. The molecule has 8 nitrogen and oxygen atoms in total. The van der Waals surface area contributed by atoms with Gasteiger partial charge >= 0.3 is 11.9 Å². The van der Waals surface area contributed by atoms with Gasteiger partial charge < -0.3 is 20.5 Å². The fraction of sp³-hybridized carbons (Fsp3) is 0.143. The molecule has 0 bridgehead atoms. The molecule has 0 saturated heterocycles. The Balaban J connectivity index is 1.89. The Bertz CT molecular complexity index is 946. The molecule has 0 radical (unpaired) electrons. The summed E-state index contributed by atoms with van der Waals surface area (Å²) in [6, 6.07) is 12.2. The van der Waals surface area contributed by atoms with Crippen molar-refractivity contribution < 1.29 is 29.0 Å². The molecule has 2 aromatic carbocycles. The molecule has 0 aliphatic heterocycles. The largest absolute Gasteiger partial charge is 0.478 e. The van der Waals surface area contributed by atoms with Gasteiger partial charge in [0.1, 0.15) is 0 Å². The van der Waals surface area contributed by atoms with Crippen LogP contribution >= 0.6 is 0 Å². The van der Waals surface area contributed by atoms with Gasteiger partial charge in [0.05, 0.1) is 18.2 Å². The van der Waals surface area contributed by atoms with E-state index in [1.54, 1.807) is 24.3 Å². The number of amides is 2. The monoisotopic (exact) mass is 396 g/mol. The van der Waals surface area contributed by atoms with Gasteiger partial charge in [0.25, 0.3) is 5.91 Å². The van der Waals surface area contributed by atoms with Gasteiger partial charge in [-0.1, -0.05) is 12.1 Å². The summed E-state index contributed by atoms with van der Waals surface area (Å²) in [4.78, 5) is 46.4.